The maximum absolute atomic E-state index is 13.0. The molecule has 0 radical (unpaired) electrons. The summed E-state index contributed by atoms with van der Waals surface area (Å²) in [6.45, 7) is -0.0512. The Labute approximate surface area is 185 Å². The zero-order chi connectivity index (χ0) is 22.7. The number of hydrogen-bond donors (Lipinski definition) is 2. The Bertz CT molecular complexity index is 1270. The van der Waals surface area contributed by atoms with Crippen LogP contribution in [0.2, 0.25) is 0 Å². The van der Waals surface area contributed by atoms with Gasteiger partial charge in [0.25, 0.3) is 5.91 Å². The Morgan fingerprint density at radius 3 is 2.66 bits per heavy atom. The molecule has 0 saturated heterocycles. The summed E-state index contributed by atoms with van der Waals surface area (Å²) in [6.07, 6.45) is -2.70. The Kier molecular flexibility index (Phi) is 6.20. The summed E-state index contributed by atoms with van der Waals surface area (Å²) in [5, 5.41) is 12.4. The number of aromatic nitrogens is 2. The van der Waals surface area contributed by atoms with Gasteiger partial charge in [0.2, 0.25) is 0 Å². The Morgan fingerprint density at radius 1 is 1.06 bits per heavy atom. The fraction of sp³-hybridized carbons (Fsp3) is 0.174. The zero-order valence-corrected chi connectivity index (χ0v) is 17.5. The molecule has 0 saturated carbocycles. The number of aliphatic hydroxyl groups excluding tert-OH is 1. The van der Waals surface area contributed by atoms with Crippen LogP contribution in [-0.4, -0.2) is 34.1 Å². The summed E-state index contributed by atoms with van der Waals surface area (Å²) in [5.74, 6) is -0.411. The highest BCUT2D eigenvalue weighted by atomic mass is 32.1. The van der Waals surface area contributed by atoms with Crippen LogP contribution in [-0.2, 0) is 12.6 Å². The van der Waals surface area contributed by atoms with E-state index in [0.29, 0.717) is 17.7 Å². The molecule has 4 rings (SSSR count). The van der Waals surface area contributed by atoms with Gasteiger partial charge in [-0.2, -0.15) is 13.2 Å². The van der Waals surface area contributed by atoms with Gasteiger partial charge in [-0.1, -0.05) is 36.4 Å². The number of rotatable bonds is 6. The third-order valence-electron chi connectivity index (χ3n) is 4.80. The van der Waals surface area contributed by atoms with Crippen molar-refractivity contribution in [2.24, 2.45) is 0 Å². The van der Waals surface area contributed by atoms with E-state index in [1.807, 2.05) is 24.3 Å². The molecule has 0 fully saturated rings. The van der Waals surface area contributed by atoms with Crippen LogP contribution in [0.4, 0.5) is 13.2 Å². The monoisotopic (exact) mass is 457 g/mol. The molecule has 2 N–H and O–H groups in total. The summed E-state index contributed by atoms with van der Waals surface area (Å²) < 4.78 is 40.0. The minimum absolute atomic E-state index is 0.123. The Morgan fingerprint density at radius 2 is 1.88 bits per heavy atom. The number of carbonyl (C=O) groups is 1. The lowest BCUT2D eigenvalue weighted by atomic mass is 10.1. The van der Waals surface area contributed by atoms with E-state index in [2.05, 4.69) is 15.3 Å². The molecule has 5 nitrogen and oxygen atoms in total. The summed E-state index contributed by atoms with van der Waals surface area (Å²) in [6, 6.07) is 14.6. The van der Waals surface area contributed by atoms with Crippen LogP contribution >= 0.6 is 11.3 Å². The molecule has 4 aromatic rings. The molecule has 0 atom stereocenters. The van der Waals surface area contributed by atoms with Crippen LogP contribution in [0.25, 0.3) is 21.3 Å². The summed E-state index contributed by atoms with van der Waals surface area (Å²) in [5.41, 5.74) is 1.47. The highest BCUT2D eigenvalue weighted by molar-refractivity contribution is 7.19. The molecular weight excluding hydrogens is 439 g/mol. The molecule has 32 heavy (non-hydrogen) atoms. The Hall–Kier alpha value is -3.30. The van der Waals surface area contributed by atoms with Crippen molar-refractivity contribution < 1.29 is 23.1 Å². The lowest BCUT2D eigenvalue weighted by Crippen LogP contribution is -2.27. The summed E-state index contributed by atoms with van der Waals surface area (Å²) in [7, 11) is 0. The van der Waals surface area contributed by atoms with Gasteiger partial charge < -0.3 is 10.4 Å². The first-order valence-electron chi connectivity index (χ1n) is 9.74. The molecule has 2 aromatic heterocycles. The van der Waals surface area contributed by atoms with Crippen molar-refractivity contribution in [3.63, 3.8) is 0 Å². The SMILES string of the molecule is O=C(NCCO)c1cc(-c2cccc3cc(Cc4cccc(C(F)(F)F)c4)sc23)ncn1. The maximum Gasteiger partial charge on any atom is 0.416 e. The first-order chi connectivity index (χ1) is 15.3. The minimum atomic E-state index is -4.38. The van der Waals surface area contributed by atoms with Gasteiger partial charge in [-0.15, -0.1) is 11.3 Å². The van der Waals surface area contributed by atoms with Gasteiger partial charge in [0.15, 0.2) is 0 Å². The zero-order valence-electron chi connectivity index (χ0n) is 16.7. The van der Waals surface area contributed by atoms with Gasteiger partial charge in [0.1, 0.15) is 12.0 Å². The van der Waals surface area contributed by atoms with E-state index in [9.17, 15) is 18.0 Å². The van der Waals surface area contributed by atoms with Crippen molar-refractivity contribution in [3.05, 3.63) is 82.6 Å². The van der Waals surface area contributed by atoms with E-state index in [4.69, 9.17) is 5.11 Å². The van der Waals surface area contributed by atoms with E-state index in [-0.39, 0.29) is 18.8 Å². The molecule has 0 aliphatic heterocycles. The number of carbonyl (C=O) groups excluding carboxylic acids is 1. The number of amides is 1. The molecule has 0 unspecified atom stereocenters. The highest BCUT2D eigenvalue weighted by Gasteiger charge is 2.30. The predicted molar refractivity (Wildman–Crippen MR) is 117 cm³/mol. The lowest BCUT2D eigenvalue weighted by Gasteiger charge is -2.08. The molecule has 2 aromatic carbocycles. The average molecular weight is 457 g/mol. The van der Waals surface area contributed by atoms with Crippen LogP contribution in [0.15, 0.2) is 60.9 Å². The summed E-state index contributed by atoms with van der Waals surface area (Å²) in [4.78, 5) is 21.4. The largest absolute Gasteiger partial charge is 0.416 e. The second-order valence-corrected chi connectivity index (χ2v) is 8.22. The van der Waals surface area contributed by atoms with E-state index < -0.39 is 17.6 Å². The minimum Gasteiger partial charge on any atom is -0.395 e. The van der Waals surface area contributed by atoms with Crippen LogP contribution in [0.5, 0.6) is 0 Å². The van der Waals surface area contributed by atoms with Gasteiger partial charge in [0, 0.05) is 28.1 Å². The smallest absolute Gasteiger partial charge is 0.395 e. The van der Waals surface area contributed by atoms with Crippen LogP contribution in [0, 0.1) is 0 Å². The van der Waals surface area contributed by atoms with E-state index in [0.717, 1.165) is 26.6 Å². The van der Waals surface area contributed by atoms with Gasteiger partial charge in [0.05, 0.1) is 17.9 Å². The second kappa shape index (κ2) is 9.05. The third-order valence-corrected chi connectivity index (χ3v) is 5.98. The Balaban J connectivity index is 1.66. The van der Waals surface area contributed by atoms with E-state index >= 15 is 0 Å². The molecule has 0 spiro atoms. The number of benzene rings is 2. The number of aliphatic hydroxyl groups is 1. The second-order valence-electron chi connectivity index (χ2n) is 7.08. The molecule has 0 aliphatic carbocycles. The molecule has 2 heterocycles. The molecule has 164 valence electrons. The molecule has 1 amide bonds. The van der Waals surface area contributed by atoms with Crippen LogP contribution in [0.3, 0.4) is 0 Å². The summed E-state index contributed by atoms with van der Waals surface area (Å²) >= 11 is 1.48. The number of nitrogens with zero attached hydrogens (tertiary/aromatic N) is 2. The fourth-order valence-corrected chi connectivity index (χ4v) is 4.57. The van der Waals surface area contributed by atoms with Crippen molar-refractivity contribution in [1.82, 2.24) is 15.3 Å². The van der Waals surface area contributed by atoms with Crippen LogP contribution < -0.4 is 5.32 Å². The number of alkyl halides is 3. The highest BCUT2D eigenvalue weighted by Crippen LogP contribution is 2.36. The van der Waals surface area contributed by atoms with Crippen molar-refractivity contribution >= 4 is 27.3 Å². The van der Waals surface area contributed by atoms with Gasteiger partial charge in [-0.05, 0) is 29.1 Å². The number of nitrogens with one attached hydrogen (secondary N) is 1. The molecular formula is C23H18F3N3O2S. The number of halogens is 3. The van der Waals surface area contributed by atoms with Gasteiger partial charge >= 0.3 is 6.18 Å². The lowest BCUT2D eigenvalue weighted by molar-refractivity contribution is -0.137. The van der Waals surface area contributed by atoms with Crippen molar-refractivity contribution in [2.75, 3.05) is 13.2 Å². The molecule has 0 aliphatic rings. The first kappa shape index (κ1) is 21.9. The predicted octanol–water partition coefficient (Wildman–Crippen LogP) is 4.69. The number of thiophene rings is 1. The fourth-order valence-electron chi connectivity index (χ4n) is 3.35. The molecule has 0 bridgehead atoms. The number of hydrogen-bond acceptors (Lipinski definition) is 5. The van der Waals surface area contributed by atoms with Gasteiger partial charge in [-0.25, -0.2) is 9.97 Å². The van der Waals surface area contributed by atoms with E-state index in [1.54, 1.807) is 12.1 Å². The van der Waals surface area contributed by atoms with Crippen molar-refractivity contribution in [3.8, 4) is 11.3 Å². The van der Waals surface area contributed by atoms with Gasteiger partial charge in [-0.3, -0.25) is 4.79 Å². The van der Waals surface area contributed by atoms with Crippen LogP contribution in [0.1, 0.15) is 26.5 Å². The topological polar surface area (TPSA) is 75.1 Å². The maximum atomic E-state index is 13.0. The third kappa shape index (κ3) is 4.79. The van der Waals surface area contributed by atoms with Crippen molar-refractivity contribution in [2.45, 2.75) is 12.6 Å². The average Bonchev–Trinajstić information content (AvgIpc) is 3.19. The standard InChI is InChI=1S/C23H18F3N3O2S/c24-23(25,26)16-5-1-3-14(9-16)10-17-11-15-4-2-6-18(21(15)32-17)19-12-20(29-13-28-19)22(31)27-7-8-30/h1-6,9,11-13,30H,7-8,10H2,(H,27,31). The van der Waals surface area contributed by atoms with Crippen molar-refractivity contribution in [1.29, 1.82) is 0 Å². The normalized spacial score (nSPS) is 11.6. The van der Waals surface area contributed by atoms with E-state index in [1.165, 1.54) is 29.8 Å². The first-order valence-corrected chi connectivity index (χ1v) is 10.6. The quantitative estimate of drug-likeness (QED) is 0.441. The number of fused-ring (bicyclic) bond motifs is 1. The molecule has 9 heteroatoms.